The predicted octanol–water partition coefficient (Wildman–Crippen LogP) is 3.11. The molecule has 6 heteroatoms. The third-order valence-electron chi connectivity index (χ3n) is 2.96. The minimum Gasteiger partial charge on any atom is -0.325 e. The summed E-state index contributed by atoms with van der Waals surface area (Å²) in [6.45, 7) is 5.86. The molecule has 0 bridgehead atoms. The Morgan fingerprint density at radius 2 is 1.89 bits per heavy atom. The normalized spacial score (nSPS) is 13.2. The van der Waals surface area contributed by atoms with Crippen molar-refractivity contribution in [1.82, 2.24) is 9.38 Å². The molecule has 0 radical (unpaired) electrons. The lowest BCUT2D eigenvalue weighted by atomic mass is 9.91. The van der Waals surface area contributed by atoms with Gasteiger partial charge in [0.2, 0.25) is 0 Å². The van der Waals surface area contributed by atoms with Crippen LogP contribution in [0.15, 0.2) is 18.3 Å². The van der Waals surface area contributed by atoms with Gasteiger partial charge in [0.15, 0.2) is 0 Å². The Morgan fingerprint density at radius 3 is 2.37 bits per heavy atom. The number of halogens is 3. The molecule has 0 aliphatic rings. The van der Waals surface area contributed by atoms with Gasteiger partial charge in [-0.15, -0.1) is 0 Å². The van der Waals surface area contributed by atoms with Crippen molar-refractivity contribution < 1.29 is 13.2 Å². The van der Waals surface area contributed by atoms with Crippen LogP contribution in [-0.4, -0.2) is 9.38 Å². The number of rotatable bonds is 1. The van der Waals surface area contributed by atoms with E-state index in [-0.39, 0.29) is 17.6 Å². The fourth-order valence-electron chi connectivity index (χ4n) is 2.13. The van der Waals surface area contributed by atoms with Crippen molar-refractivity contribution in [3.05, 3.63) is 35.3 Å². The molecular formula is C13H16F3N3. The molecule has 0 aromatic carbocycles. The summed E-state index contributed by atoms with van der Waals surface area (Å²) in [4.78, 5) is 4.18. The average Bonchev–Trinajstić information content (AvgIpc) is 2.65. The monoisotopic (exact) mass is 271 g/mol. The van der Waals surface area contributed by atoms with Crippen LogP contribution in [0.2, 0.25) is 0 Å². The number of nitrogens with zero attached hydrogens (tertiary/aromatic N) is 2. The molecule has 19 heavy (non-hydrogen) atoms. The van der Waals surface area contributed by atoms with Gasteiger partial charge in [-0.05, 0) is 12.1 Å². The molecule has 0 aliphatic heterocycles. The molecule has 0 saturated heterocycles. The van der Waals surface area contributed by atoms with Crippen LogP contribution in [0.1, 0.15) is 37.7 Å². The highest BCUT2D eigenvalue weighted by atomic mass is 19.4. The lowest BCUT2D eigenvalue weighted by molar-refractivity contribution is -0.136. The molecule has 2 heterocycles. The van der Waals surface area contributed by atoms with E-state index in [0.717, 1.165) is 6.07 Å². The van der Waals surface area contributed by atoms with Gasteiger partial charge in [-0.3, -0.25) is 0 Å². The van der Waals surface area contributed by atoms with Crippen molar-refractivity contribution >= 4 is 5.65 Å². The molecule has 104 valence electrons. The minimum absolute atomic E-state index is 0.0830. The van der Waals surface area contributed by atoms with Gasteiger partial charge in [-0.25, -0.2) is 4.98 Å². The van der Waals surface area contributed by atoms with Gasteiger partial charge in [-0.2, -0.15) is 13.2 Å². The maximum atomic E-state index is 13.0. The van der Waals surface area contributed by atoms with E-state index in [4.69, 9.17) is 5.73 Å². The standard InChI is InChI=1S/C13H16F3N3/c1-12(2,3)10-9(7-17)19-6-4-5-8(11(19)18-10)13(14,15)16/h4-6H,7,17H2,1-3H3. The Hall–Kier alpha value is -1.56. The Bertz CT molecular complexity index is 606. The fraction of sp³-hybridized carbons (Fsp3) is 0.462. The summed E-state index contributed by atoms with van der Waals surface area (Å²) in [5, 5.41) is 0. The molecule has 2 aromatic heterocycles. The first-order valence-electron chi connectivity index (χ1n) is 5.94. The van der Waals surface area contributed by atoms with E-state index in [0.29, 0.717) is 11.4 Å². The molecular weight excluding hydrogens is 255 g/mol. The van der Waals surface area contributed by atoms with Crippen LogP contribution in [0.25, 0.3) is 5.65 Å². The van der Waals surface area contributed by atoms with Crippen LogP contribution in [0.5, 0.6) is 0 Å². The molecule has 2 N–H and O–H groups in total. The summed E-state index contributed by atoms with van der Waals surface area (Å²) in [6.07, 6.45) is -2.86. The molecule has 0 aliphatic carbocycles. The van der Waals surface area contributed by atoms with E-state index in [1.807, 2.05) is 20.8 Å². The van der Waals surface area contributed by atoms with Crippen molar-refractivity contribution in [1.29, 1.82) is 0 Å². The largest absolute Gasteiger partial charge is 0.419 e. The second kappa shape index (κ2) is 4.23. The maximum absolute atomic E-state index is 13.0. The zero-order valence-corrected chi connectivity index (χ0v) is 11.0. The SMILES string of the molecule is CC(C)(C)c1nc2c(C(F)(F)F)cccn2c1CN. The quantitative estimate of drug-likeness (QED) is 0.866. The summed E-state index contributed by atoms with van der Waals surface area (Å²) in [5.41, 5.74) is 5.72. The lowest BCUT2D eigenvalue weighted by Crippen LogP contribution is -2.16. The second-order valence-electron chi connectivity index (χ2n) is 5.47. The number of aromatic nitrogens is 2. The number of alkyl halides is 3. The Kier molecular flexibility index (Phi) is 3.09. The Morgan fingerprint density at radius 1 is 1.26 bits per heavy atom. The highest BCUT2D eigenvalue weighted by Gasteiger charge is 2.35. The van der Waals surface area contributed by atoms with E-state index >= 15 is 0 Å². The third-order valence-corrected chi connectivity index (χ3v) is 2.96. The highest BCUT2D eigenvalue weighted by Crippen LogP contribution is 2.34. The molecule has 3 nitrogen and oxygen atoms in total. The van der Waals surface area contributed by atoms with Crippen molar-refractivity contribution in [3.8, 4) is 0 Å². The van der Waals surface area contributed by atoms with E-state index in [2.05, 4.69) is 4.98 Å². The summed E-state index contributed by atoms with van der Waals surface area (Å²) < 4.78 is 40.4. The average molecular weight is 271 g/mol. The van der Waals surface area contributed by atoms with Crippen LogP contribution < -0.4 is 5.73 Å². The minimum atomic E-state index is -4.42. The van der Waals surface area contributed by atoms with Gasteiger partial charge in [0, 0.05) is 18.2 Å². The Labute approximate surface area is 109 Å². The van der Waals surface area contributed by atoms with E-state index in [1.54, 1.807) is 6.20 Å². The first-order chi connectivity index (χ1) is 8.66. The topological polar surface area (TPSA) is 43.3 Å². The van der Waals surface area contributed by atoms with Crippen LogP contribution in [0, 0.1) is 0 Å². The van der Waals surface area contributed by atoms with Gasteiger partial charge >= 0.3 is 6.18 Å². The van der Waals surface area contributed by atoms with Crippen LogP contribution in [0.4, 0.5) is 13.2 Å². The molecule has 0 atom stereocenters. The van der Waals surface area contributed by atoms with E-state index in [1.165, 1.54) is 10.5 Å². The molecule has 0 fully saturated rings. The number of hydrogen-bond donors (Lipinski definition) is 1. The second-order valence-corrected chi connectivity index (χ2v) is 5.47. The Balaban J connectivity index is 2.83. The van der Waals surface area contributed by atoms with Crippen molar-refractivity contribution in [2.75, 3.05) is 0 Å². The summed E-state index contributed by atoms with van der Waals surface area (Å²) >= 11 is 0. The smallest absolute Gasteiger partial charge is 0.325 e. The number of imidazole rings is 1. The predicted molar refractivity (Wildman–Crippen MR) is 66.8 cm³/mol. The van der Waals surface area contributed by atoms with Crippen LogP contribution >= 0.6 is 0 Å². The molecule has 2 aromatic rings. The number of hydrogen-bond acceptors (Lipinski definition) is 2. The molecule has 0 saturated carbocycles. The highest BCUT2D eigenvalue weighted by molar-refractivity contribution is 5.53. The lowest BCUT2D eigenvalue weighted by Gasteiger charge is -2.17. The summed E-state index contributed by atoms with van der Waals surface area (Å²) in [5.74, 6) is 0. The zero-order chi connectivity index (χ0) is 14.4. The van der Waals surface area contributed by atoms with Crippen molar-refractivity contribution in [2.24, 2.45) is 5.73 Å². The van der Waals surface area contributed by atoms with Gasteiger partial charge in [0.1, 0.15) is 5.65 Å². The van der Waals surface area contributed by atoms with Gasteiger partial charge in [0.05, 0.1) is 17.0 Å². The van der Waals surface area contributed by atoms with E-state index < -0.39 is 11.7 Å². The zero-order valence-electron chi connectivity index (χ0n) is 11.0. The number of fused-ring (bicyclic) bond motifs is 1. The fourth-order valence-corrected chi connectivity index (χ4v) is 2.13. The number of nitrogens with two attached hydrogens (primary N) is 1. The van der Waals surface area contributed by atoms with Gasteiger partial charge in [0.25, 0.3) is 0 Å². The molecule has 2 rings (SSSR count). The molecule has 0 unspecified atom stereocenters. The number of pyridine rings is 1. The van der Waals surface area contributed by atoms with Gasteiger partial charge < -0.3 is 10.1 Å². The third kappa shape index (κ3) is 2.32. The summed E-state index contributed by atoms with van der Waals surface area (Å²) in [6, 6.07) is 2.40. The van der Waals surface area contributed by atoms with Crippen LogP contribution in [0.3, 0.4) is 0 Å². The van der Waals surface area contributed by atoms with Crippen molar-refractivity contribution in [2.45, 2.75) is 38.9 Å². The maximum Gasteiger partial charge on any atom is 0.419 e. The van der Waals surface area contributed by atoms with Crippen molar-refractivity contribution in [3.63, 3.8) is 0 Å². The molecule has 0 amide bonds. The van der Waals surface area contributed by atoms with Crippen LogP contribution in [-0.2, 0) is 18.1 Å². The molecule has 0 spiro atoms. The first kappa shape index (κ1) is 13.9. The first-order valence-corrected chi connectivity index (χ1v) is 5.94. The summed E-state index contributed by atoms with van der Waals surface area (Å²) in [7, 11) is 0. The van der Waals surface area contributed by atoms with Gasteiger partial charge in [-0.1, -0.05) is 20.8 Å². The van der Waals surface area contributed by atoms with E-state index in [9.17, 15) is 13.2 Å².